The summed E-state index contributed by atoms with van der Waals surface area (Å²) in [4.78, 5) is 13.5. The van der Waals surface area contributed by atoms with Gasteiger partial charge in [-0.05, 0) is 18.6 Å². The molecule has 0 spiro atoms. The van der Waals surface area contributed by atoms with Gasteiger partial charge in [0.25, 0.3) is 0 Å². The molecule has 0 saturated carbocycles. The summed E-state index contributed by atoms with van der Waals surface area (Å²) in [6.07, 6.45) is -3.73. The van der Waals surface area contributed by atoms with Crippen molar-refractivity contribution in [1.29, 1.82) is 0 Å². The van der Waals surface area contributed by atoms with Crippen LogP contribution in [0.1, 0.15) is 31.9 Å². The molecule has 1 unspecified atom stereocenters. The highest BCUT2D eigenvalue weighted by atomic mass is 32.2. The van der Waals surface area contributed by atoms with Gasteiger partial charge in [0.15, 0.2) is 9.84 Å². The van der Waals surface area contributed by atoms with Gasteiger partial charge in [-0.15, -0.1) is 0 Å². The summed E-state index contributed by atoms with van der Waals surface area (Å²) in [7, 11) is -3.70. The van der Waals surface area contributed by atoms with Crippen molar-refractivity contribution in [2.24, 2.45) is 0 Å². The first-order valence-electron chi connectivity index (χ1n) is 6.98. The lowest BCUT2D eigenvalue weighted by Crippen LogP contribution is -2.43. The molecule has 2 rings (SSSR count). The van der Waals surface area contributed by atoms with Gasteiger partial charge in [-0.3, -0.25) is 4.79 Å². The van der Waals surface area contributed by atoms with Crippen molar-refractivity contribution in [3.05, 3.63) is 29.3 Å². The number of alkyl halides is 3. The largest absolute Gasteiger partial charge is 0.418 e. The Bertz CT molecular complexity index is 754. The predicted octanol–water partition coefficient (Wildman–Crippen LogP) is 2.76. The Morgan fingerprint density at radius 2 is 1.87 bits per heavy atom. The van der Waals surface area contributed by atoms with Crippen molar-refractivity contribution in [3.8, 4) is 0 Å². The molecule has 0 aliphatic carbocycles. The standard InChI is InChI=1S/C15H18F3NO3S/c1-9(23(4,21)22)13(20)19-8-14(2,3)10-6-5-7-11(12(10)19)15(16,17)18/h5-7,9H,8H2,1-4H3. The van der Waals surface area contributed by atoms with Crippen LogP contribution in [0, 0.1) is 0 Å². The number of anilines is 1. The monoisotopic (exact) mass is 349 g/mol. The summed E-state index contributed by atoms with van der Waals surface area (Å²) in [5, 5.41) is -1.40. The molecule has 128 valence electrons. The van der Waals surface area contributed by atoms with Crippen LogP contribution in [0.15, 0.2) is 18.2 Å². The zero-order valence-corrected chi connectivity index (χ0v) is 14.0. The minimum absolute atomic E-state index is 0.00806. The van der Waals surface area contributed by atoms with E-state index < -0.39 is 38.1 Å². The lowest BCUT2D eigenvalue weighted by atomic mass is 9.86. The fourth-order valence-electron chi connectivity index (χ4n) is 2.76. The molecule has 1 aliphatic heterocycles. The van der Waals surface area contributed by atoms with Gasteiger partial charge in [0.05, 0.1) is 11.3 Å². The molecule has 8 heteroatoms. The van der Waals surface area contributed by atoms with E-state index in [1.807, 2.05) is 0 Å². The molecule has 0 aromatic heterocycles. The van der Waals surface area contributed by atoms with Crippen LogP contribution in [0.2, 0.25) is 0 Å². The average molecular weight is 349 g/mol. The first-order chi connectivity index (χ1) is 10.3. The third kappa shape index (κ3) is 3.08. The number of para-hydroxylation sites is 1. The van der Waals surface area contributed by atoms with Crippen molar-refractivity contribution in [2.45, 2.75) is 37.6 Å². The highest BCUT2D eigenvalue weighted by Gasteiger charge is 2.46. The SMILES string of the molecule is CC(C(=O)N1CC(C)(C)c2cccc(C(F)(F)F)c21)S(C)(=O)=O. The summed E-state index contributed by atoms with van der Waals surface area (Å²) in [6, 6.07) is 3.76. The van der Waals surface area contributed by atoms with E-state index in [0.29, 0.717) is 5.56 Å². The summed E-state index contributed by atoms with van der Waals surface area (Å²) in [5.74, 6) is -0.837. The number of halogens is 3. The molecule has 4 nitrogen and oxygen atoms in total. The Morgan fingerprint density at radius 1 is 1.30 bits per heavy atom. The number of carbonyl (C=O) groups excluding carboxylic acids is 1. The van der Waals surface area contributed by atoms with Crippen LogP contribution < -0.4 is 4.90 Å². The van der Waals surface area contributed by atoms with E-state index in [4.69, 9.17) is 0 Å². The predicted molar refractivity (Wildman–Crippen MR) is 81.1 cm³/mol. The highest BCUT2D eigenvalue weighted by molar-refractivity contribution is 7.92. The van der Waals surface area contributed by atoms with Crippen molar-refractivity contribution >= 4 is 21.4 Å². The van der Waals surface area contributed by atoms with E-state index in [2.05, 4.69) is 0 Å². The quantitative estimate of drug-likeness (QED) is 0.825. The van der Waals surface area contributed by atoms with Crippen molar-refractivity contribution < 1.29 is 26.4 Å². The number of benzene rings is 1. The van der Waals surface area contributed by atoms with E-state index in [-0.39, 0.29) is 12.2 Å². The van der Waals surface area contributed by atoms with E-state index >= 15 is 0 Å². The van der Waals surface area contributed by atoms with Gasteiger partial charge in [0.1, 0.15) is 5.25 Å². The van der Waals surface area contributed by atoms with Gasteiger partial charge in [-0.1, -0.05) is 26.0 Å². The average Bonchev–Trinajstić information content (AvgIpc) is 2.67. The second kappa shape index (κ2) is 5.22. The molecule has 1 atom stereocenters. The fraction of sp³-hybridized carbons (Fsp3) is 0.533. The number of amides is 1. The third-order valence-corrected chi connectivity index (χ3v) is 5.64. The Balaban J connectivity index is 2.64. The second-order valence-electron chi connectivity index (χ2n) is 6.48. The Hall–Kier alpha value is -1.57. The van der Waals surface area contributed by atoms with Crippen LogP contribution in [0.5, 0.6) is 0 Å². The van der Waals surface area contributed by atoms with Crippen LogP contribution in [0.4, 0.5) is 18.9 Å². The number of carbonyl (C=O) groups is 1. The van der Waals surface area contributed by atoms with E-state index in [0.717, 1.165) is 17.2 Å². The van der Waals surface area contributed by atoms with Crippen molar-refractivity contribution in [3.63, 3.8) is 0 Å². The molecular weight excluding hydrogens is 331 g/mol. The number of nitrogens with zero attached hydrogens (tertiary/aromatic N) is 1. The van der Waals surface area contributed by atoms with Gasteiger partial charge in [0, 0.05) is 18.2 Å². The minimum atomic E-state index is -4.63. The third-order valence-electron chi connectivity index (χ3n) is 4.15. The maximum atomic E-state index is 13.3. The molecule has 1 amide bonds. The molecule has 1 heterocycles. The summed E-state index contributed by atoms with van der Waals surface area (Å²) in [5.41, 5.74) is -1.45. The molecule has 1 aromatic carbocycles. The van der Waals surface area contributed by atoms with Gasteiger partial charge < -0.3 is 4.90 Å². The lowest BCUT2D eigenvalue weighted by Gasteiger charge is -2.24. The topological polar surface area (TPSA) is 54.5 Å². The van der Waals surface area contributed by atoms with Crippen LogP contribution in [0.25, 0.3) is 0 Å². The normalized spacial score (nSPS) is 18.7. The molecule has 1 aliphatic rings. The zero-order chi connectivity index (χ0) is 17.8. The number of sulfone groups is 1. The molecule has 0 saturated heterocycles. The van der Waals surface area contributed by atoms with Crippen LogP contribution in [-0.4, -0.2) is 32.4 Å². The van der Waals surface area contributed by atoms with Crippen molar-refractivity contribution in [1.82, 2.24) is 0 Å². The molecule has 1 aromatic rings. The van der Waals surface area contributed by atoms with Crippen LogP contribution in [-0.2, 0) is 26.2 Å². The Morgan fingerprint density at radius 3 is 2.35 bits per heavy atom. The number of hydrogen-bond acceptors (Lipinski definition) is 3. The Kier molecular flexibility index (Phi) is 4.04. The van der Waals surface area contributed by atoms with Gasteiger partial charge in [-0.25, -0.2) is 8.42 Å². The van der Waals surface area contributed by atoms with Gasteiger partial charge in [-0.2, -0.15) is 13.2 Å². The minimum Gasteiger partial charge on any atom is -0.310 e. The Labute approximate surface area is 133 Å². The maximum absolute atomic E-state index is 13.3. The lowest BCUT2D eigenvalue weighted by molar-refractivity contribution is -0.137. The van der Waals surface area contributed by atoms with Gasteiger partial charge in [0.2, 0.25) is 5.91 Å². The van der Waals surface area contributed by atoms with Crippen LogP contribution in [0.3, 0.4) is 0 Å². The van der Waals surface area contributed by atoms with E-state index in [1.165, 1.54) is 13.0 Å². The maximum Gasteiger partial charge on any atom is 0.418 e. The summed E-state index contributed by atoms with van der Waals surface area (Å²) in [6.45, 7) is 4.65. The first kappa shape index (κ1) is 17.8. The van der Waals surface area contributed by atoms with Crippen molar-refractivity contribution in [2.75, 3.05) is 17.7 Å². The number of rotatable bonds is 2. The first-order valence-corrected chi connectivity index (χ1v) is 8.93. The number of fused-ring (bicyclic) bond motifs is 1. The summed E-state index contributed by atoms with van der Waals surface area (Å²) < 4.78 is 63.2. The fourth-order valence-corrected chi connectivity index (χ4v) is 3.25. The van der Waals surface area contributed by atoms with E-state index in [1.54, 1.807) is 19.9 Å². The van der Waals surface area contributed by atoms with Gasteiger partial charge >= 0.3 is 6.18 Å². The smallest absolute Gasteiger partial charge is 0.310 e. The molecule has 0 fully saturated rings. The van der Waals surface area contributed by atoms with Crippen LogP contribution >= 0.6 is 0 Å². The molecule has 23 heavy (non-hydrogen) atoms. The molecule has 0 radical (unpaired) electrons. The van der Waals surface area contributed by atoms with E-state index in [9.17, 15) is 26.4 Å². The molecule has 0 bridgehead atoms. The molecular formula is C15H18F3NO3S. The number of hydrogen-bond donors (Lipinski definition) is 0. The summed E-state index contributed by atoms with van der Waals surface area (Å²) >= 11 is 0. The molecule has 0 N–H and O–H groups in total. The highest BCUT2D eigenvalue weighted by Crippen LogP contribution is 2.47. The zero-order valence-electron chi connectivity index (χ0n) is 13.2. The second-order valence-corrected chi connectivity index (χ2v) is 8.85.